The van der Waals surface area contributed by atoms with Gasteiger partial charge in [0.1, 0.15) is 12.2 Å². The van der Waals surface area contributed by atoms with Crippen molar-refractivity contribution in [2.45, 2.75) is 45.6 Å². The molecule has 8 heteroatoms. The van der Waals surface area contributed by atoms with Gasteiger partial charge in [-0.3, -0.25) is 4.79 Å². The molecular weight excluding hydrogens is 518 g/mol. The number of carbonyl (C=O) groups excluding carboxylic acids is 2. The van der Waals surface area contributed by atoms with Crippen molar-refractivity contribution >= 4 is 34.6 Å². The zero-order valence-electron chi connectivity index (χ0n) is 21.7. The lowest BCUT2D eigenvalue weighted by atomic mass is 9.99. The summed E-state index contributed by atoms with van der Waals surface area (Å²) in [5.74, 6) is -0.290. The van der Waals surface area contributed by atoms with Crippen molar-refractivity contribution in [2.75, 3.05) is 6.54 Å². The van der Waals surface area contributed by atoms with E-state index in [1.807, 2.05) is 67.6 Å². The second-order valence-electron chi connectivity index (χ2n) is 9.21. The number of hydrogen-bond donors (Lipinski definition) is 1. The normalized spacial score (nSPS) is 10.8. The minimum absolute atomic E-state index is 0.148. The number of carbonyl (C=O) groups is 2. The van der Waals surface area contributed by atoms with Crippen LogP contribution in [0.4, 0.5) is 4.79 Å². The van der Waals surface area contributed by atoms with E-state index in [1.54, 1.807) is 6.07 Å². The Morgan fingerprint density at radius 2 is 1.62 bits per heavy atom. The topological polar surface area (TPSA) is 94.8 Å². The average molecular weight is 548 g/mol. The fourth-order valence-corrected chi connectivity index (χ4v) is 4.38. The second-order valence-corrected chi connectivity index (χ2v) is 9.61. The van der Waals surface area contributed by atoms with E-state index in [4.69, 9.17) is 25.5 Å². The number of ether oxygens (including phenoxy) is 2. The maximum Gasteiger partial charge on any atom is 0.407 e. The molecular formula is C31H30ClNO6. The Labute approximate surface area is 231 Å². The van der Waals surface area contributed by atoms with Gasteiger partial charge >= 0.3 is 17.7 Å². The number of aryl methyl sites for hydroxylation is 1. The molecule has 7 nitrogen and oxygen atoms in total. The maximum atomic E-state index is 12.7. The first kappa shape index (κ1) is 27.9. The first-order valence-electron chi connectivity index (χ1n) is 12.9. The molecule has 3 aromatic carbocycles. The fraction of sp³-hybridized carbons (Fsp3) is 0.258. The van der Waals surface area contributed by atoms with E-state index in [0.29, 0.717) is 42.3 Å². The summed E-state index contributed by atoms with van der Waals surface area (Å²) in [7, 11) is 0. The molecule has 202 valence electrons. The molecule has 1 amide bonds. The molecule has 0 spiro atoms. The van der Waals surface area contributed by atoms with E-state index in [9.17, 15) is 14.4 Å². The molecule has 0 atom stereocenters. The van der Waals surface area contributed by atoms with Gasteiger partial charge in [-0.25, -0.2) is 9.59 Å². The van der Waals surface area contributed by atoms with Crippen LogP contribution >= 0.6 is 11.6 Å². The summed E-state index contributed by atoms with van der Waals surface area (Å²) in [6, 6.07) is 22.3. The molecule has 0 aliphatic rings. The van der Waals surface area contributed by atoms with Crippen molar-refractivity contribution in [3.8, 4) is 5.75 Å². The van der Waals surface area contributed by atoms with Gasteiger partial charge in [0.25, 0.3) is 0 Å². The molecule has 4 rings (SSSR count). The smallest absolute Gasteiger partial charge is 0.407 e. The first-order valence-corrected chi connectivity index (χ1v) is 13.2. The van der Waals surface area contributed by atoms with Gasteiger partial charge in [0.05, 0.1) is 5.02 Å². The lowest BCUT2D eigenvalue weighted by Crippen LogP contribution is -2.25. The minimum atomic E-state index is -0.474. The predicted octanol–water partition coefficient (Wildman–Crippen LogP) is 6.74. The summed E-state index contributed by atoms with van der Waals surface area (Å²) in [5, 5.41) is 3.66. The highest BCUT2D eigenvalue weighted by Gasteiger charge is 2.16. The molecule has 39 heavy (non-hydrogen) atoms. The largest absolute Gasteiger partial charge is 0.445 e. The van der Waals surface area contributed by atoms with Crippen LogP contribution in [0.2, 0.25) is 5.02 Å². The monoisotopic (exact) mass is 547 g/mol. The predicted molar refractivity (Wildman–Crippen MR) is 150 cm³/mol. The molecule has 0 saturated carbocycles. The summed E-state index contributed by atoms with van der Waals surface area (Å²) in [5.41, 5.74) is 3.15. The Morgan fingerprint density at radius 1 is 0.923 bits per heavy atom. The van der Waals surface area contributed by atoms with E-state index in [2.05, 4.69) is 5.32 Å². The van der Waals surface area contributed by atoms with Crippen LogP contribution in [0.1, 0.15) is 47.9 Å². The van der Waals surface area contributed by atoms with Gasteiger partial charge in [0.2, 0.25) is 0 Å². The number of alkyl carbamates (subject to hydrolysis) is 1. The van der Waals surface area contributed by atoms with Crippen LogP contribution in [0, 0.1) is 6.92 Å². The Bertz CT molecular complexity index is 1480. The van der Waals surface area contributed by atoms with Gasteiger partial charge in [-0.2, -0.15) is 0 Å². The number of nitrogens with one attached hydrogen (secondary N) is 1. The third kappa shape index (κ3) is 7.94. The number of benzene rings is 3. The molecule has 1 aromatic heterocycles. The average Bonchev–Trinajstić information content (AvgIpc) is 2.94. The van der Waals surface area contributed by atoms with E-state index in [-0.39, 0.29) is 23.8 Å². The number of fused-ring (bicyclic) bond motifs is 1. The van der Waals surface area contributed by atoms with Crippen LogP contribution < -0.4 is 15.7 Å². The molecule has 4 aromatic rings. The molecule has 0 aliphatic heterocycles. The zero-order chi connectivity index (χ0) is 27.6. The molecule has 0 fully saturated rings. The number of rotatable bonds is 11. The third-order valence-electron chi connectivity index (χ3n) is 6.33. The maximum absolute atomic E-state index is 12.7. The Balaban J connectivity index is 1.24. The second kappa shape index (κ2) is 13.6. The molecule has 0 radical (unpaired) electrons. The van der Waals surface area contributed by atoms with E-state index in [1.165, 1.54) is 6.07 Å². The van der Waals surface area contributed by atoms with Crippen LogP contribution in [0.5, 0.6) is 5.75 Å². The van der Waals surface area contributed by atoms with E-state index in [0.717, 1.165) is 23.1 Å². The Hall–Kier alpha value is -4.10. The highest BCUT2D eigenvalue weighted by atomic mass is 35.5. The number of amides is 1. The van der Waals surface area contributed by atoms with Gasteiger partial charge in [-0.05, 0) is 42.5 Å². The molecule has 1 N–H and O–H groups in total. The van der Waals surface area contributed by atoms with Crippen molar-refractivity contribution in [1.82, 2.24) is 5.32 Å². The SMILES string of the molecule is Cc1c(Cc2ccccc2)c(=O)oc2cc(OC(=O)CCCCCNC(=O)OCc3ccccc3)c(Cl)cc12. The van der Waals surface area contributed by atoms with Gasteiger partial charge in [0.15, 0.2) is 5.75 Å². The Morgan fingerprint density at radius 3 is 2.33 bits per heavy atom. The van der Waals surface area contributed by atoms with Crippen LogP contribution in [0.25, 0.3) is 11.0 Å². The fourth-order valence-electron chi connectivity index (χ4n) is 4.18. The van der Waals surface area contributed by atoms with Crippen molar-refractivity contribution in [2.24, 2.45) is 0 Å². The lowest BCUT2D eigenvalue weighted by Gasteiger charge is -2.11. The van der Waals surface area contributed by atoms with E-state index >= 15 is 0 Å². The summed E-state index contributed by atoms with van der Waals surface area (Å²) in [4.78, 5) is 36.9. The molecule has 1 heterocycles. The zero-order valence-corrected chi connectivity index (χ0v) is 22.5. The highest BCUT2D eigenvalue weighted by Crippen LogP contribution is 2.32. The Kier molecular flexibility index (Phi) is 9.75. The van der Waals surface area contributed by atoms with Crippen molar-refractivity contribution in [3.63, 3.8) is 0 Å². The summed E-state index contributed by atoms with van der Waals surface area (Å²) in [6.07, 6.45) is 2.16. The van der Waals surface area contributed by atoms with Crippen molar-refractivity contribution < 1.29 is 23.5 Å². The standard InChI is InChI=1S/C31H30ClNO6/c1-21-24-18-26(32)28(19-27(24)39-30(35)25(21)17-22-11-5-2-6-12-22)38-29(34)15-9-4-10-16-33-31(36)37-20-23-13-7-3-8-14-23/h2-3,5-8,11-14,18-19H,4,9-10,15-17,20H2,1H3,(H,33,36). The number of hydrogen-bond acceptors (Lipinski definition) is 6. The van der Waals surface area contributed by atoms with Gasteiger partial charge in [-0.15, -0.1) is 0 Å². The first-order chi connectivity index (χ1) is 18.9. The van der Waals surface area contributed by atoms with Gasteiger partial charge in [0, 0.05) is 36.4 Å². The molecule has 0 bridgehead atoms. The van der Waals surface area contributed by atoms with Gasteiger partial charge in [-0.1, -0.05) is 78.7 Å². The number of esters is 1. The summed E-state index contributed by atoms with van der Waals surface area (Å²) >= 11 is 6.42. The quantitative estimate of drug-likeness (QED) is 0.0967. The number of unbranched alkanes of at least 4 members (excludes halogenated alkanes) is 2. The molecule has 0 aliphatic carbocycles. The van der Waals surface area contributed by atoms with Crippen molar-refractivity contribution in [3.05, 3.63) is 110 Å². The third-order valence-corrected chi connectivity index (χ3v) is 6.62. The molecule has 0 unspecified atom stereocenters. The van der Waals surface area contributed by atoms with Crippen LogP contribution in [0.15, 0.2) is 82.0 Å². The number of halogens is 1. The highest BCUT2D eigenvalue weighted by molar-refractivity contribution is 6.33. The van der Waals surface area contributed by atoms with Crippen LogP contribution in [-0.2, 0) is 22.6 Å². The van der Waals surface area contributed by atoms with Crippen LogP contribution in [0.3, 0.4) is 0 Å². The molecule has 0 saturated heterocycles. The lowest BCUT2D eigenvalue weighted by molar-refractivity contribution is -0.134. The summed E-state index contributed by atoms with van der Waals surface area (Å²) < 4.78 is 16.2. The van der Waals surface area contributed by atoms with Gasteiger partial charge < -0.3 is 19.2 Å². The van der Waals surface area contributed by atoms with Crippen molar-refractivity contribution in [1.29, 1.82) is 0 Å². The van der Waals surface area contributed by atoms with E-state index < -0.39 is 17.7 Å². The van der Waals surface area contributed by atoms with Crippen LogP contribution in [-0.4, -0.2) is 18.6 Å². The minimum Gasteiger partial charge on any atom is -0.445 e. The summed E-state index contributed by atoms with van der Waals surface area (Å²) in [6.45, 7) is 2.52.